The third kappa shape index (κ3) is 7.67. The minimum absolute atomic E-state index is 0.0217. The monoisotopic (exact) mass is 430 g/mol. The van der Waals surface area contributed by atoms with E-state index in [1.54, 1.807) is 6.07 Å². The molecular weight excluding hydrogens is 404 g/mol. The van der Waals surface area contributed by atoms with Crippen LogP contribution in [-0.2, 0) is 0 Å². The largest absolute Gasteiger partial charge is 0.507 e. The zero-order chi connectivity index (χ0) is 23.2. The van der Waals surface area contributed by atoms with E-state index in [1.165, 1.54) is 56.0 Å². The maximum atomic E-state index is 12.8. The quantitative estimate of drug-likeness (QED) is 0.297. The van der Waals surface area contributed by atoms with Gasteiger partial charge in [0.1, 0.15) is 29.1 Å². The molecule has 0 amide bonds. The molecule has 0 unspecified atom stereocenters. The molecule has 2 N–H and O–H groups in total. The third-order valence-corrected chi connectivity index (χ3v) is 4.61. The van der Waals surface area contributed by atoms with Crippen LogP contribution in [0.3, 0.4) is 0 Å². The number of rotatable bonds is 11. The van der Waals surface area contributed by atoms with Crippen molar-refractivity contribution >= 4 is 5.78 Å². The third-order valence-electron chi connectivity index (χ3n) is 4.61. The van der Waals surface area contributed by atoms with E-state index < -0.39 is 5.78 Å². The van der Waals surface area contributed by atoms with Gasteiger partial charge in [-0.15, -0.1) is 6.42 Å². The van der Waals surface area contributed by atoms with Gasteiger partial charge in [0, 0.05) is 24.0 Å². The minimum atomic E-state index is -0.528. The van der Waals surface area contributed by atoms with Gasteiger partial charge in [0.15, 0.2) is 5.78 Å². The standard InChI is InChI=1S/C27H26O5/c1-3-5-7-9-10-12-18-32-22-14-16-24(26(29)20-22)27(30)23-15-13-21(19-25(23)28)31-17-11-8-6-4-2/h2,13-16,19-20,28-29H,3,5,7,9-10,12,18H2,1H3. The van der Waals surface area contributed by atoms with E-state index in [2.05, 4.69) is 36.7 Å². The molecular formula is C27H26O5. The first kappa shape index (κ1) is 24.3. The summed E-state index contributed by atoms with van der Waals surface area (Å²) in [6.45, 7) is 2.74. The van der Waals surface area contributed by atoms with Crippen LogP contribution >= 0.6 is 0 Å². The van der Waals surface area contributed by atoms with E-state index in [4.69, 9.17) is 15.9 Å². The molecule has 2 aromatic carbocycles. The van der Waals surface area contributed by atoms with Gasteiger partial charge < -0.3 is 19.7 Å². The van der Waals surface area contributed by atoms with Gasteiger partial charge in [0.25, 0.3) is 0 Å². The molecule has 0 aliphatic carbocycles. The number of unbranched alkanes of at least 4 members (excludes halogenated alkanes) is 5. The van der Waals surface area contributed by atoms with Crippen molar-refractivity contribution in [2.24, 2.45) is 0 Å². The normalized spacial score (nSPS) is 9.50. The number of ketones is 1. The zero-order valence-corrected chi connectivity index (χ0v) is 18.1. The average molecular weight is 431 g/mol. The number of hydrogen-bond acceptors (Lipinski definition) is 5. The summed E-state index contributed by atoms with van der Waals surface area (Å²) >= 11 is 0. The van der Waals surface area contributed by atoms with Crippen LogP contribution in [0, 0.1) is 36.2 Å². The van der Waals surface area contributed by atoms with Crippen molar-refractivity contribution in [3.63, 3.8) is 0 Å². The van der Waals surface area contributed by atoms with E-state index in [0.29, 0.717) is 12.4 Å². The molecule has 0 saturated carbocycles. The van der Waals surface area contributed by atoms with E-state index in [9.17, 15) is 15.0 Å². The minimum Gasteiger partial charge on any atom is -0.507 e. The lowest BCUT2D eigenvalue weighted by atomic mass is 10.0. The number of terminal acetylenes is 1. The maximum Gasteiger partial charge on any atom is 0.200 e. The Labute approximate surface area is 189 Å². The summed E-state index contributed by atoms with van der Waals surface area (Å²) in [5, 5.41) is 20.5. The summed E-state index contributed by atoms with van der Waals surface area (Å²) in [5.41, 5.74) is 0.0821. The van der Waals surface area contributed by atoms with E-state index in [1.807, 2.05) is 0 Å². The summed E-state index contributed by atoms with van der Waals surface area (Å²) in [6.07, 6.45) is 14.2. The highest BCUT2D eigenvalue weighted by Gasteiger charge is 2.18. The molecule has 0 aromatic heterocycles. The molecule has 2 rings (SSSR count). The number of benzene rings is 2. The van der Waals surface area contributed by atoms with Crippen LogP contribution in [0.15, 0.2) is 36.4 Å². The predicted octanol–water partition coefficient (Wildman–Crippen LogP) is 5.04. The Morgan fingerprint density at radius 1 is 0.875 bits per heavy atom. The second-order valence-electron chi connectivity index (χ2n) is 7.03. The van der Waals surface area contributed by atoms with Crippen molar-refractivity contribution in [2.75, 3.05) is 6.61 Å². The topological polar surface area (TPSA) is 76.0 Å². The fourth-order valence-electron chi connectivity index (χ4n) is 2.95. The Kier molecular flexibility index (Phi) is 10.1. The van der Waals surface area contributed by atoms with Gasteiger partial charge in [-0.1, -0.05) is 39.0 Å². The zero-order valence-electron chi connectivity index (χ0n) is 18.1. The lowest BCUT2D eigenvalue weighted by Crippen LogP contribution is -2.03. The summed E-state index contributed by atoms with van der Waals surface area (Å²) in [5.74, 6) is 8.89. The van der Waals surface area contributed by atoms with Gasteiger partial charge in [-0.25, -0.2) is 0 Å². The van der Waals surface area contributed by atoms with Gasteiger partial charge >= 0.3 is 0 Å². The van der Waals surface area contributed by atoms with Crippen LogP contribution in [0.25, 0.3) is 0 Å². The number of aromatic hydroxyl groups is 2. The molecule has 0 atom stereocenters. The molecule has 0 radical (unpaired) electrons. The fraction of sp³-hybridized carbons (Fsp3) is 0.296. The number of phenols is 2. The Morgan fingerprint density at radius 2 is 1.50 bits per heavy atom. The smallest absolute Gasteiger partial charge is 0.200 e. The van der Waals surface area contributed by atoms with E-state index >= 15 is 0 Å². The van der Waals surface area contributed by atoms with Crippen LogP contribution < -0.4 is 9.47 Å². The van der Waals surface area contributed by atoms with E-state index in [0.717, 1.165) is 12.8 Å². The molecule has 0 heterocycles. The summed E-state index contributed by atoms with van der Waals surface area (Å²) in [4.78, 5) is 12.8. The van der Waals surface area contributed by atoms with E-state index in [-0.39, 0.29) is 28.4 Å². The molecule has 0 bridgehead atoms. The van der Waals surface area contributed by atoms with Crippen LogP contribution in [0.4, 0.5) is 0 Å². The van der Waals surface area contributed by atoms with Crippen LogP contribution in [-0.4, -0.2) is 22.6 Å². The number of ether oxygens (including phenoxy) is 2. The highest BCUT2D eigenvalue weighted by molar-refractivity contribution is 6.12. The molecule has 164 valence electrons. The van der Waals surface area contributed by atoms with Gasteiger partial charge in [0.05, 0.1) is 17.7 Å². The molecule has 2 aromatic rings. The highest BCUT2D eigenvalue weighted by atomic mass is 16.5. The van der Waals surface area contributed by atoms with Crippen molar-refractivity contribution < 1.29 is 24.5 Å². The number of carbonyl (C=O) groups is 1. The molecule has 5 nitrogen and oxygen atoms in total. The fourth-order valence-corrected chi connectivity index (χ4v) is 2.95. The molecule has 0 aliphatic heterocycles. The molecule has 0 saturated heterocycles. The van der Waals surface area contributed by atoms with Crippen molar-refractivity contribution in [3.05, 3.63) is 47.5 Å². The Balaban J connectivity index is 1.97. The second-order valence-corrected chi connectivity index (χ2v) is 7.03. The lowest BCUT2D eigenvalue weighted by Gasteiger charge is -2.10. The first-order valence-electron chi connectivity index (χ1n) is 10.5. The highest BCUT2D eigenvalue weighted by Crippen LogP contribution is 2.30. The number of phenolic OH excluding ortho intramolecular Hbond substituents is 2. The first-order chi connectivity index (χ1) is 15.6. The lowest BCUT2D eigenvalue weighted by molar-refractivity contribution is 0.103. The SMILES string of the molecule is C#CC#CC#COc1ccc(C(=O)c2ccc(OCCCCCCCC)cc2O)c(O)c1. The van der Waals surface area contributed by atoms with Crippen molar-refractivity contribution in [2.45, 2.75) is 45.4 Å². The van der Waals surface area contributed by atoms with Gasteiger partial charge in [-0.05, 0) is 42.5 Å². The number of carbonyl (C=O) groups excluding carboxylic acids is 1. The summed E-state index contributed by atoms with van der Waals surface area (Å²) in [6, 6.07) is 8.64. The van der Waals surface area contributed by atoms with Crippen molar-refractivity contribution in [1.82, 2.24) is 0 Å². The van der Waals surface area contributed by atoms with Crippen LogP contribution in [0.2, 0.25) is 0 Å². The van der Waals surface area contributed by atoms with Crippen molar-refractivity contribution in [3.8, 4) is 59.2 Å². The molecule has 32 heavy (non-hydrogen) atoms. The summed E-state index contributed by atoms with van der Waals surface area (Å²) in [7, 11) is 0. The molecule has 0 aliphatic rings. The van der Waals surface area contributed by atoms with Crippen LogP contribution in [0.5, 0.6) is 23.0 Å². The molecule has 0 spiro atoms. The second kappa shape index (κ2) is 13.3. The first-order valence-corrected chi connectivity index (χ1v) is 10.5. The molecule has 0 fully saturated rings. The number of hydrogen-bond donors (Lipinski definition) is 2. The van der Waals surface area contributed by atoms with Gasteiger partial charge in [-0.2, -0.15) is 0 Å². The van der Waals surface area contributed by atoms with Gasteiger partial charge in [-0.3, -0.25) is 4.79 Å². The average Bonchev–Trinajstić information content (AvgIpc) is 2.78. The Morgan fingerprint density at radius 3 is 2.16 bits per heavy atom. The maximum absolute atomic E-state index is 12.8. The molecule has 5 heteroatoms. The predicted molar refractivity (Wildman–Crippen MR) is 124 cm³/mol. The Bertz CT molecular complexity index is 1090. The van der Waals surface area contributed by atoms with Crippen molar-refractivity contribution in [1.29, 1.82) is 0 Å². The van der Waals surface area contributed by atoms with Gasteiger partial charge in [0.2, 0.25) is 0 Å². The van der Waals surface area contributed by atoms with Crippen LogP contribution in [0.1, 0.15) is 61.4 Å². The Hall–Kier alpha value is -4.01. The summed E-state index contributed by atoms with van der Waals surface area (Å²) < 4.78 is 10.8.